The van der Waals surface area contributed by atoms with Crippen LogP contribution in [0.5, 0.6) is 0 Å². The zero-order chi connectivity index (χ0) is 16.1. The van der Waals surface area contributed by atoms with Crippen LogP contribution in [0.3, 0.4) is 0 Å². The second kappa shape index (κ2) is 7.13. The molecular formula is C14H20ClNO4S. The number of hydrogen-bond donors (Lipinski definition) is 1. The van der Waals surface area contributed by atoms with Crippen LogP contribution in [0.4, 0.5) is 5.69 Å². The van der Waals surface area contributed by atoms with Crippen molar-refractivity contribution < 1.29 is 17.9 Å². The molecule has 5 nitrogen and oxygen atoms in total. The van der Waals surface area contributed by atoms with Crippen molar-refractivity contribution in [1.29, 1.82) is 0 Å². The number of rotatable bonds is 6. The molecule has 0 radical (unpaired) electrons. The molecule has 1 aromatic carbocycles. The first-order valence-corrected chi connectivity index (χ1v) is 8.71. The lowest BCUT2D eigenvalue weighted by molar-refractivity contribution is 0.00696. The third-order valence-corrected chi connectivity index (χ3v) is 3.98. The summed E-state index contributed by atoms with van der Waals surface area (Å²) in [4.78, 5) is 11.8. The average Bonchev–Trinajstić information content (AvgIpc) is 2.35. The molecule has 0 fully saturated rings. The fourth-order valence-electron chi connectivity index (χ4n) is 1.49. The second-order valence-corrected chi connectivity index (χ2v) is 7.76. The minimum absolute atomic E-state index is 0.0374. The summed E-state index contributed by atoms with van der Waals surface area (Å²) < 4.78 is 31.1. The summed E-state index contributed by atoms with van der Waals surface area (Å²) in [6, 6.07) is 6.09. The normalized spacial score (nSPS) is 12.0. The van der Waals surface area contributed by atoms with E-state index >= 15 is 0 Å². The second-order valence-electron chi connectivity index (χ2n) is 5.54. The molecule has 0 aliphatic carbocycles. The molecule has 1 aromatic rings. The number of nitrogens with one attached hydrogen (secondary N) is 1. The Labute approximate surface area is 130 Å². The number of sulfonamides is 1. The molecule has 0 saturated heterocycles. The van der Waals surface area contributed by atoms with E-state index in [-0.39, 0.29) is 5.75 Å². The molecule has 0 aliphatic heterocycles. The Kier molecular flexibility index (Phi) is 6.04. The topological polar surface area (TPSA) is 72.5 Å². The Bertz CT molecular complexity index is 576. The molecule has 0 amide bonds. The quantitative estimate of drug-likeness (QED) is 0.641. The Morgan fingerprint density at radius 2 is 1.81 bits per heavy atom. The highest BCUT2D eigenvalue weighted by Gasteiger charge is 2.18. The van der Waals surface area contributed by atoms with Crippen molar-refractivity contribution in [3.05, 3.63) is 29.8 Å². The maximum absolute atomic E-state index is 11.8. The predicted molar refractivity (Wildman–Crippen MR) is 84.4 cm³/mol. The molecule has 0 heterocycles. The third-order valence-electron chi connectivity index (χ3n) is 2.34. The fraction of sp³-hybridized carbons (Fsp3) is 0.500. The third kappa shape index (κ3) is 6.82. The fourth-order valence-corrected chi connectivity index (χ4v) is 2.90. The van der Waals surface area contributed by atoms with E-state index < -0.39 is 21.6 Å². The predicted octanol–water partition coefficient (Wildman–Crippen LogP) is 3.01. The maximum atomic E-state index is 11.8. The summed E-state index contributed by atoms with van der Waals surface area (Å²) in [5.74, 6) is -0.193. The van der Waals surface area contributed by atoms with Gasteiger partial charge in [0.05, 0.1) is 11.3 Å². The molecule has 1 N–H and O–H groups in total. The van der Waals surface area contributed by atoms with Gasteiger partial charge in [0, 0.05) is 11.6 Å². The van der Waals surface area contributed by atoms with Crippen LogP contribution in [0.15, 0.2) is 24.3 Å². The molecule has 0 atom stereocenters. The maximum Gasteiger partial charge on any atom is 0.338 e. The first-order chi connectivity index (χ1) is 9.63. The minimum atomic E-state index is -3.41. The van der Waals surface area contributed by atoms with E-state index in [9.17, 15) is 13.2 Å². The summed E-state index contributed by atoms with van der Waals surface area (Å²) >= 11 is 5.48. The molecule has 0 bridgehead atoms. The number of hydrogen-bond acceptors (Lipinski definition) is 4. The highest BCUT2D eigenvalue weighted by Crippen LogP contribution is 2.15. The number of ether oxygens (including phenoxy) is 1. The van der Waals surface area contributed by atoms with E-state index in [0.717, 1.165) is 0 Å². The molecular weight excluding hydrogens is 314 g/mol. The minimum Gasteiger partial charge on any atom is -0.456 e. The molecule has 0 spiro atoms. The van der Waals surface area contributed by atoms with Gasteiger partial charge in [-0.25, -0.2) is 13.2 Å². The standard InChI is InChI=1S/C14H20ClNO4S/c1-14(2,3)20-13(17)11-5-7-12(8-6-11)16-21(18,19)10-4-9-15/h5-8,16H,4,9-10H2,1-3H3. The van der Waals surface area contributed by atoms with Gasteiger partial charge >= 0.3 is 5.97 Å². The van der Waals surface area contributed by atoms with Crippen LogP contribution in [0.25, 0.3) is 0 Å². The van der Waals surface area contributed by atoms with Gasteiger partial charge in [-0.2, -0.15) is 0 Å². The van der Waals surface area contributed by atoms with E-state index in [1.165, 1.54) is 24.3 Å². The SMILES string of the molecule is CC(C)(C)OC(=O)c1ccc(NS(=O)(=O)CCCCl)cc1. The van der Waals surface area contributed by atoms with Gasteiger partial charge in [0.1, 0.15) is 5.60 Å². The molecule has 7 heteroatoms. The molecule has 118 valence electrons. The van der Waals surface area contributed by atoms with Gasteiger partial charge in [-0.1, -0.05) is 0 Å². The summed E-state index contributed by atoms with van der Waals surface area (Å²) in [6.45, 7) is 5.35. The van der Waals surface area contributed by atoms with Crippen molar-refractivity contribution in [3.63, 3.8) is 0 Å². The van der Waals surface area contributed by atoms with Crippen molar-refractivity contribution in [2.45, 2.75) is 32.8 Å². The van der Waals surface area contributed by atoms with Crippen LogP contribution in [-0.4, -0.2) is 31.6 Å². The molecule has 0 saturated carbocycles. The van der Waals surface area contributed by atoms with Gasteiger partial charge in [0.25, 0.3) is 0 Å². The molecule has 0 aliphatic rings. The summed E-state index contributed by atoms with van der Waals surface area (Å²) in [6.07, 6.45) is 0.382. The summed E-state index contributed by atoms with van der Waals surface area (Å²) in [5, 5.41) is 0. The first-order valence-electron chi connectivity index (χ1n) is 6.53. The lowest BCUT2D eigenvalue weighted by Gasteiger charge is -2.19. The molecule has 0 aromatic heterocycles. The number of carbonyl (C=O) groups excluding carboxylic acids is 1. The zero-order valence-electron chi connectivity index (χ0n) is 12.3. The van der Waals surface area contributed by atoms with Crippen molar-refractivity contribution in [2.24, 2.45) is 0 Å². The van der Waals surface area contributed by atoms with Crippen LogP contribution >= 0.6 is 11.6 Å². The van der Waals surface area contributed by atoms with Crippen molar-refractivity contribution in [1.82, 2.24) is 0 Å². The number of benzene rings is 1. The highest BCUT2D eigenvalue weighted by atomic mass is 35.5. The summed E-state index contributed by atoms with van der Waals surface area (Å²) in [7, 11) is -3.41. The van der Waals surface area contributed by atoms with E-state index in [1.807, 2.05) is 0 Å². The Balaban J connectivity index is 2.72. The lowest BCUT2D eigenvalue weighted by atomic mass is 10.1. The van der Waals surface area contributed by atoms with Crippen LogP contribution in [0.1, 0.15) is 37.6 Å². The van der Waals surface area contributed by atoms with Gasteiger partial charge < -0.3 is 4.74 Å². The number of esters is 1. The van der Waals surface area contributed by atoms with E-state index in [4.69, 9.17) is 16.3 Å². The zero-order valence-corrected chi connectivity index (χ0v) is 13.9. The van der Waals surface area contributed by atoms with Gasteiger partial charge in [0.15, 0.2) is 0 Å². The van der Waals surface area contributed by atoms with Crippen molar-refractivity contribution in [3.8, 4) is 0 Å². The Hall–Kier alpha value is -1.27. The van der Waals surface area contributed by atoms with E-state index in [0.29, 0.717) is 23.6 Å². The molecule has 0 unspecified atom stereocenters. The van der Waals surface area contributed by atoms with Gasteiger partial charge in [-0.05, 0) is 51.5 Å². The van der Waals surface area contributed by atoms with E-state index in [2.05, 4.69) is 4.72 Å². The highest BCUT2D eigenvalue weighted by molar-refractivity contribution is 7.92. The van der Waals surface area contributed by atoms with Crippen LogP contribution in [0, 0.1) is 0 Å². The number of alkyl halides is 1. The molecule has 1 rings (SSSR count). The van der Waals surface area contributed by atoms with Crippen LogP contribution in [0.2, 0.25) is 0 Å². The largest absolute Gasteiger partial charge is 0.456 e. The number of halogens is 1. The van der Waals surface area contributed by atoms with Crippen molar-refractivity contribution >= 4 is 33.3 Å². The Morgan fingerprint density at radius 1 is 1.24 bits per heavy atom. The molecule has 21 heavy (non-hydrogen) atoms. The number of carbonyl (C=O) groups is 1. The smallest absolute Gasteiger partial charge is 0.338 e. The van der Waals surface area contributed by atoms with Crippen molar-refractivity contribution in [2.75, 3.05) is 16.4 Å². The van der Waals surface area contributed by atoms with Crippen LogP contribution < -0.4 is 4.72 Å². The Morgan fingerprint density at radius 3 is 2.29 bits per heavy atom. The average molecular weight is 334 g/mol. The van der Waals surface area contributed by atoms with Gasteiger partial charge in [0.2, 0.25) is 10.0 Å². The monoisotopic (exact) mass is 333 g/mol. The van der Waals surface area contributed by atoms with Gasteiger partial charge in [-0.3, -0.25) is 4.72 Å². The number of anilines is 1. The van der Waals surface area contributed by atoms with Crippen LogP contribution in [-0.2, 0) is 14.8 Å². The van der Waals surface area contributed by atoms with E-state index in [1.54, 1.807) is 20.8 Å². The van der Waals surface area contributed by atoms with Gasteiger partial charge in [-0.15, -0.1) is 11.6 Å². The lowest BCUT2D eigenvalue weighted by Crippen LogP contribution is -2.23. The first kappa shape index (κ1) is 17.8. The summed E-state index contributed by atoms with van der Waals surface area (Å²) in [5.41, 5.74) is 0.198.